The molecule has 158 valence electrons. The van der Waals surface area contributed by atoms with Crippen LogP contribution in [-0.4, -0.2) is 58.0 Å². The summed E-state index contributed by atoms with van der Waals surface area (Å²) in [5.74, 6) is -5.14. The molecular weight excluding hydrogens is 384 g/mol. The number of primary amides is 1. The number of benzene rings is 1. The van der Waals surface area contributed by atoms with Gasteiger partial charge in [0, 0.05) is 12.8 Å². The lowest BCUT2D eigenvalue weighted by Crippen LogP contribution is -2.55. The summed E-state index contributed by atoms with van der Waals surface area (Å²) in [6, 6.07) is 4.57. The zero-order valence-corrected chi connectivity index (χ0v) is 15.5. The van der Waals surface area contributed by atoms with Gasteiger partial charge in [-0.3, -0.25) is 19.2 Å². The Morgan fingerprint density at radius 1 is 0.931 bits per heavy atom. The van der Waals surface area contributed by atoms with E-state index in [1.165, 1.54) is 0 Å². The first kappa shape index (κ1) is 23.6. The van der Waals surface area contributed by atoms with Crippen LogP contribution >= 0.6 is 0 Å². The molecule has 11 nitrogen and oxygen atoms in total. The van der Waals surface area contributed by atoms with E-state index in [4.69, 9.17) is 16.6 Å². The number of carboxylic acid groups (broad SMARTS) is 2. The standard InChI is InChI=1S/C18H24N4O7/c19-11(6-7-15(24)25)16(26)21-12(9-14(20)23)17(27)22-13(18(28)29)8-10-4-2-1-3-5-10/h1-5,11-13H,6-9,19H2,(H2,20,23)(H,21,26)(H,22,27)(H,24,25)(H,28,29). The summed E-state index contributed by atoms with van der Waals surface area (Å²) >= 11 is 0. The molecule has 0 spiro atoms. The number of amides is 3. The predicted octanol–water partition coefficient (Wildman–Crippen LogP) is -1.65. The van der Waals surface area contributed by atoms with E-state index in [1.54, 1.807) is 30.3 Å². The lowest BCUT2D eigenvalue weighted by molar-refractivity contribution is -0.142. The number of hydrogen-bond donors (Lipinski definition) is 6. The summed E-state index contributed by atoms with van der Waals surface area (Å²) in [5, 5.41) is 22.5. The second-order valence-corrected chi connectivity index (χ2v) is 6.36. The van der Waals surface area contributed by atoms with Gasteiger partial charge in [-0.25, -0.2) is 4.79 Å². The molecular formula is C18H24N4O7. The van der Waals surface area contributed by atoms with Crippen LogP contribution in [0.4, 0.5) is 0 Å². The maximum atomic E-state index is 12.5. The molecule has 0 aromatic heterocycles. The number of carbonyl (C=O) groups is 5. The second-order valence-electron chi connectivity index (χ2n) is 6.36. The molecule has 0 radical (unpaired) electrons. The summed E-state index contributed by atoms with van der Waals surface area (Å²) in [5.41, 5.74) is 11.3. The lowest BCUT2D eigenvalue weighted by atomic mass is 10.0. The maximum absolute atomic E-state index is 12.5. The van der Waals surface area contributed by atoms with Crippen LogP contribution in [0.1, 0.15) is 24.8 Å². The topological polar surface area (TPSA) is 202 Å². The van der Waals surface area contributed by atoms with Crippen LogP contribution in [0, 0.1) is 0 Å². The molecule has 1 rings (SSSR count). The van der Waals surface area contributed by atoms with Crippen molar-refractivity contribution in [3.63, 3.8) is 0 Å². The smallest absolute Gasteiger partial charge is 0.326 e. The molecule has 3 unspecified atom stereocenters. The van der Waals surface area contributed by atoms with Gasteiger partial charge >= 0.3 is 11.9 Å². The van der Waals surface area contributed by atoms with Crippen molar-refractivity contribution >= 4 is 29.7 Å². The largest absolute Gasteiger partial charge is 0.481 e. The summed E-state index contributed by atoms with van der Waals surface area (Å²) in [7, 11) is 0. The molecule has 0 bridgehead atoms. The van der Waals surface area contributed by atoms with Crippen molar-refractivity contribution in [1.82, 2.24) is 10.6 Å². The third kappa shape index (κ3) is 8.84. The van der Waals surface area contributed by atoms with E-state index in [-0.39, 0.29) is 19.3 Å². The molecule has 0 heterocycles. The zero-order valence-electron chi connectivity index (χ0n) is 15.5. The molecule has 0 aliphatic carbocycles. The predicted molar refractivity (Wildman–Crippen MR) is 100 cm³/mol. The van der Waals surface area contributed by atoms with Crippen molar-refractivity contribution in [2.75, 3.05) is 0 Å². The Morgan fingerprint density at radius 2 is 1.52 bits per heavy atom. The van der Waals surface area contributed by atoms with Gasteiger partial charge in [0.2, 0.25) is 17.7 Å². The quantitative estimate of drug-likeness (QED) is 0.236. The number of nitrogens with one attached hydrogen (secondary N) is 2. The van der Waals surface area contributed by atoms with Crippen LogP contribution in [0.3, 0.4) is 0 Å². The highest BCUT2D eigenvalue weighted by Gasteiger charge is 2.29. The molecule has 3 atom stereocenters. The van der Waals surface area contributed by atoms with Gasteiger partial charge in [-0.2, -0.15) is 0 Å². The molecule has 3 amide bonds. The molecule has 0 aliphatic heterocycles. The van der Waals surface area contributed by atoms with Crippen molar-refractivity contribution in [1.29, 1.82) is 0 Å². The average Bonchev–Trinajstić information content (AvgIpc) is 2.65. The second kappa shape index (κ2) is 11.4. The highest BCUT2D eigenvalue weighted by molar-refractivity contribution is 5.94. The third-order valence-electron chi connectivity index (χ3n) is 3.94. The van der Waals surface area contributed by atoms with Gasteiger partial charge in [0.1, 0.15) is 12.1 Å². The fraction of sp³-hybridized carbons (Fsp3) is 0.389. The van der Waals surface area contributed by atoms with Gasteiger partial charge in [-0.05, 0) is 12.0 Å². The summed E-state index contributed by atoms with van der Waals surface area (Å²) < 4.78 is 0. The normalized spacial score (nSPS) is 13.6. The van der Waals surface area contributed by atoms with Crippen LogP contribution in [-0.2, 0) is 30.4 Å². The molecule has 0 aliphatic rings. The van der Waals surface area contributed by atoms with E-state index >= 15 is 0 Å². The van der Waals surface area contributed by atoms with Gasteiger partial charge in [-0.15, -0.1) is 0 Å². The Hall–Kier alpha value is -3.47. The van der Waals surface area contributed by atoms with Crippen LogP contribution < -0.4 is 22.1 Å². The zero-order chi connectivity index (χ0) is 22.0. The van der Waals surface area contributed by atoms with E-state index in [1.807, 2.05) is 0 Å². The van der Waals surface area contributed by atoms with E-state index in [9.17, 15) is 29.1 Å². The number of carbonyl (C=O) groups excluding carboxylic acids is 3. The number of hydrogen-bond acceptors (Lipinski definition) is 6. The summed E-state index contributed by atoms with van der Waals surface area (Å²) in [6.45, 7) is 0. The molecule has 1 aromatic carbocycles. The first-order chi connectivity index (χ1) is 13.6. The van der Waals surface area contributed by atoms with Crippen molar-refractivity contribution in [2.45, 2.75) is 43.8 Å². The van der Waals surface area contributed by atoms with Crippen LogP contribution in [0.15, 0.2) is 30.3 Å². The monoisotopic (exact) mass is 408 g/mol. The highest BCUT2D eigenvalue weighted by Crippen LogP contribution is 2.05. The first-order valence-corrected chi connectivity index (χ1v) is 8.73. The SMILES string of the molecule is NC(=O)CC(NC(=O)C(N)CCC(=O)O)C(=O)NC(Cc1ccccc1)C(=O)O. The van der Waals surface area contributed by atoms with Gasteiger partial charge in [0.25, 0.3) is 0 Å². The Bertz CT molecular complexity index is 754. The van der Waals surface area contributed by atoms with Gasteiger partial charge < -0.3 is 32.3 Å². The average molecular weight is 408 g/mol. The fourth-order valence-electron chi connectivity index (χ4n) is 2.42. The summed E-state index contributed by atoms with van der Waals surface area (Å²) in [4.78, 5) is 57.9. The third-order valence-corrected chi connectivity index (χ3v) is 3.94. The number of rotatable bonds is 12. The van der Waals surface area contributed by atoms with E-state index < -0.39 is 54.2 Å². The van der Waals surface area contributed by atoms with Crippen LogP contribution in [0.25, 0.3) is 0 Å². The maximum Gasteiger partial charge on any atom is 0.326 e. The van der Waals surface area contributed by atoms with Crippen LogP contribution in [0.5, 0.6) is 0 Å². The molecule has 0 fully saturated rings. The minimum absolute atomic E-state index is 0.0166. The molecule has 0 saturated carbocycles. The van der Waals surface area contributed by atoms with Crippen molar-refractivity contribution < 1.29 is 34.2 Å². The Kier molecular flexibility index (Phi) is 9.26. The van der Waals surface area contributed by atoms with Gasteiger partial charge in [-0.1, -0.05) is 30.3 Å². The van der Waals surface area contributed by atoms with E-state index in [0.717, 1.165) is 0 Å². The Balaban J connectivity index is 2.82. The van der Waals surface area contributed by atoms with Gasteiger partial charge in [0.15, 0.2) is 0 Å². The number of aliphatic carboxylic acids is 2. The highest BCUT2D eigenvalue weighted by atomic mass is 16.4. The minimum Gasteiger partial charge on any atom is -0.481 e. The minimum atomic E-state index is -1.45. The molecule has 29 heavy (non-hydrogen) atoms. The molecule has 8 N–H and O–H groups in total. The summed E-state index contributed by atoms with van der Waals surface area (Å²) in [6.07, 6.45) is -1.14. The van der Waals surface area contributed by atoms with Crippen molar-refractivity contribution in [3.8, 4) is 0 Å². The molecule has 11 heteroatoms. The van der Waals surface area contributed by atoms with Crippen LogP contribution in [0.2, 0.25) is 0 Å². The fourth-order valence-corrected chi connectivity index (χ4v) is 2.42. The molecule has 1 aromatic rings. The Labute approximate surface area is 166 Å². The first-order valence-electron chi connectivity index (χ1n) is 8.73. The lowest BCUT2D eigenvalue weighted by Gasteiger charge is -2.22. The number of nitrogens with two attached hydrogens (primary N) is 2. The van der Waals surface area contributed by atoms with E-state index in [2.05, 4.69) is 10.6 Å². The number of carboxylic acids is 2. The van der Waals surface area contributed by atoms with Crippen molar-refractivity contribution in [3.05, 3.63) is 35.9 Å². The van der Waals surface area contributed by atoms with Crippen molar-refractivity contribution in [2.24, 2.45) is 11.5 Å². The molecule has 0 saturated heterocycles. The van der Waals surface area contributed by atoms with Gasteiger partial charge in [0.05, 0.1) is 12.5 Å². The Morgan fingerprint density at radius 3 is 2.03 bits per heavy atom. The van der Waals surface area contributed by atoms with E-state index in [0.29, 0.717) is 5.56 Å².